The van der Waals surface area contributed by atoms with Gasteiger partial charge < -0.3 is 15.4 Å². The molecule has 4 heteroatoms. The number of amides is 1. The van der Waals surface area contributed by atoms with Crippen LogP contribution in [0.3, 0.4) is 0 Å². The Hall–Kier alpha value is -0.610. The van der Waals surface area contributed by atoms with Crippen molar-refractivity contribution in [1.29, 1.82) is 0 Å². The summed E-state index contributed by atoms with van der Waals surface area (Å²) in [5, 5.41) is 6.29. The van der Waals surface area contributed by atoms with Crippen LogP contribution >= 0.6 is 0 Å². The van der Waals surface area contributed by atoms with Gasteiger partial charge in [0, 0.05) is 18.6 Å². The topological polar surface area (TPSA) is 50.4 Å². The molecule has 1 aliphatic heterocycles. The van der Waals surface area contributed by atoms with E-state index in [4.69, 9.17) is 4.74 Å². The first-order valence-electron chi connectivity index (χ1n) is 6.67. The fourth-order valence-electron chi connectivity index (χ4n) is 2.65. The van der Waals surface area contributed by atoms with Crippen molar-refractivity contribution in [3.8, 4) is 0 Å². The molecule has 2 fully saturated rings. The Morgan fingerprint density at radius 1 is 1.24 bits per heavy atom. The maximum absolute atomic E-state index is 11.8. The zero-order chi connectivity index (χ0) is 12.4. The second-order valence-corrected chi connectivity index (χ2v) is 6.01. The molecule has 2 N–H and O–H groups in total. The normalized spacial score (nSPS) is 26.0. The minimum absolute atomic E-state index is 0.00252. The van der Waals surface area contributed by atoms with E-state index >= 15 is 0 Å². The van der Waals surface area contributed by atoms with Crippen molar-refractivity contribution in [2.75, 3.05) is 19.7 Å². The first-order valence-corrected chi connectivity index (χ1v) is 6.67. The first kappa shape index (κ1) is 12.8. The number of carbonyl (C=O) groups excluding carboxylic acids is 1. The standard InChI is InChI=1S/C13H24N2O2/c1-12(6-4-3-5-7-12)15-11(16)8-17-13(2)9-14-10-13/h14H,3-10H2,1-2H3,(H,15,16). The van der Waals surface area contributed by atoms with Gasteiger partial charge in [-0.1, -0.05) is 19.3 Å². The van der Waals surface area contributed by atoms with Gasteiger partial charge in [0.15, 0.2) is 0 Å². The maximum atomic E-state index is 11.8. The molecule has 1 amide bonds. The number of nitrogens with one attached hydrogen (secondary N) is 2. The third kappa shape index (κ3) is 3.42. The van der Waals surface area contributed by atoms with E-state index in [1.165, 1.54) is 19.3 Å². The number of carbonyl (C=O) groups is 1. The van der Waals surface area contributed by atoms with Crippen molar-refractivity contribution in [3.63, 3.8) is 0 Å². The highest BCUT2D eigenvalue weighted by atomic mass is 16.5. The molecule has 0 spiro atoms. The lowest BCUT2D eigenvalue weighted by Crippen LogP contribution is -2.60. The lowest BCUT2D eigenvalue weighted by Gasteiger charge is -2.39. The van der Waals surface area contributed by atoms with E-state index in [0.29, 0.717) is 0 Å². The van der Waals surface area contributed by atoms with Crippen molar-refractivity contribution in [2.24, 2.45) is 0 Å². The Bertz CT molecular complexity index is 281. The van der Waals surface area contributed by atoms with E-state index < -0.39 is 0 Å². The predicted molar refractivity (Wildman–Crippen MR) is 66.9 cm³/mol. The summed E-state index contributed by atoms with van der Waals surface area (Å²) in [4.78, 5) is 11.8. The average molecular weight is 240 g/mol. The molecule has 2 aliphatic rings. The van der Waals surface area contributed by atoms with Crippen LogP contribution < -0.4 is 10.6 Å². The summed E-state index contributed by atoms with van der Waals surface area (Å²) in [5.74, 6) is 0.0301. The summed E-state index contributed by atoms with van der Waals surface area (Å²) < 4.78 is 5.64. The van der Waals surface area contributed by atoms with E-state index in [0.717, 1.165) is 25.9 Å². The molecule has 0 atom stereocenters. The van der Waals surface area contributed by atoms with Gasteiger partial charge in [-0.15, -0.1) is 0 Å². The first-order chi connectivity index (χ1) is 8.02. The summed E-state index contributed by atoms with van der Waals surface area (Å²) in [6, 6.07) is 0. The fraction of sp³-hybridized carbons (Fsp3) is 0.923. The van der Waals surface area contributed by atoms with Gasteiger partial charge in [-0.25, -0.2) is 0 Å². The molecule has 4 nitrogen and oxygen atoms in total. The lowest BCUT2D eigenvalue weighted by molar-refractivity contribution is -0.137. The van der Waals surface area contributed by atoms with Crippen molar-refractivity contribution in [2.45, 2.75) is 57.1 Å². The monoisotopic (exact) mass is 240 g/mol. The molecule has 0 unspecified atom stereocenters. The zero-order valence-corrected chi connectivity index (χ0v) is 11.0. The zero-order valence-electron chi connectivity index (χ0n) is 11.0. The third-order valence-corrected chi connectivity index (χ3v) is 3.95. The second kappa shape index (κ2) is 4.94. The summed E-state index contributed by atoms with van der Waals surface area (Å²) in [7, 11) is 0. The fourth-order valence-corrected chi connectivity index (χ4v) is 2.65. The van der Waals surface area contributed by atoms with Gasteiger partial charge in [0.05, 0.1) is 5.60 Å². The van der Waals surface area contributed by atoms with Crippen LogP contribution in [0.4, 0.5) is 0 Å². The molecule has 2 rings (SSSR count). The average Bonchev–Trinajstić information content (AvgIpc) is 2.24. The molecule has 0 aromatic carbocycles. The van der Waals surface area contributed by atoms with E-state index in [2.05, 4.69) is 17.6 Å². The van der Waals surface area contributed by atoms with Crippen LogP contribution in [0.15, 0.2) is 0 Å². The SMILES string of the molecule is CC1(NC(=O)COC2(C)CNC2)CCCCC1. The van der Waals surface area contributed by atoms with Crippen LogP contribution in [0, 0.1) is 0 Å². The summed E-state index contributed by atoms with van der Waals surface area (Å²) in [5.41, 5.74) is -0.137. The Labute approximate surface area is 103 Å². The molecule has 1 saturated heterocycles. The molecule has 0 bridgehead atoms. The molecule has 0 aromatic rings. The quantitative estimate of drug-likeness (QED) is 0.776. The van der Waals surface area contributed by atoms with E-state index in [9.17, 15) is 4.79 Å². The summed E-state index contributed by atoms with van der Waals surface area (Å²) in [6.45, 7) is 6.07. The van der Waals surface area contributed by atoms with E-state index in [-0.39, 0.29) is 23.7 Å². The minimum Gasteiger partial charge on any atom is -0.363 e. The number of hydrogen-bond donors (Lipinski definition) is 2. The Balaban J connectivity index is 1.72. The number of ether oxygens (including phenoxy) is 1. The largest absolute Gasteiger partial charge is 0.363 e. The van der Waals surface area contributed by atoms with Gasteiger partial charge in [0.2, 0.25) is 5.91 Å². The Morgan fingerprint density at radius 3 is 2.41 bits per heavy atom. The number of rotatable bonds is 4. The van der Waals surface area contributed by atoms with Crippen molar-refractivity contribution in [1.82, 2.24) is 10.6 Å². The van der Waals surface area contributed by atoms with Gasteiger partial charge in [-0.2, -0.15) is 0 Å². The van der Waals surface area contributed by atoms with Gasteiger partial charge in [-0.05, 0) is 26.7 Å². The van der Waals surface area contributed by atoms with Gasteiger partial charge in [-0.3, -0.25) is 4.79 Å². The maximum Gasteiger partial charge on any atom is 0.246 e. The third-order valence-electron chi connectivity index (χ3n) is 3.95. The summed E-state index contributed by atoms with van der Waals surface area (Å²) >= 11 is 0. The van der Waals surface area contributed by atoms with Crippen LogP contribution in [0.2, 0.25) is 0 Å². The lowest BCUT2D eigenvalue weighted by atomic mass is 9.83. The molecule has 98 valence electrons. The highest BCUT2D eigenvalue weighted by molar-refractivity contribution is 5.78. The molecule has 0 aromatic heterocycles. The van der Waals surface area contributed by atoms with Gasteiger partial charge in [0.1, 0.15) is 6.61 Å². The van der Waals surface area contributed by atoms with Crippen molar-refractivity contribution < 1.29 is 9.53 Å². The summed E-state index contributed by atoms with van der Waals surface area (Å²) in [6.07, 6.45) is 5.93. The Kier molecular flexibility index (Phi) is 3.73. The number of hydrogen-bond acceptors (Lipinski definition) is 3. The van der Waals surface area contributed by atoms with E-state index in [1.807, 2.05) is 6.92 Å². The van der Waals surface area contributed by atoms with Crippen LogP contribution in [0.5, 0.6) is 0 Å². The molecule has 1 aliphatic carbocycles. The second-order valence-electron chi connectivity index (χ2n) is 6.01. The van der Waals surface area contributed by atoms with E-state index in [1.54, 1.807) is 0 Å². The molecule has 0 radical (unpaired) electrons. The van der Waals surface area contributed by atoms with Crippen LogP contribution in [0.1, 0.15) is 46.0 Å². The van der Waals surface area contributed by atoms with Crippen molar-refractivity contribution >= 4 is 5.91 Å². The molecule has 1 saturated carbocycles. The highest BCUT2D eigenvalue weighted by Gasteiger charge is 2.34. The van der Waals surface area contributed by atoms with Crippen LogP contribution in [-0.4, -0.2) is 36.7 Å². The molecular weight excluding hydrogens is 216 g/mol. The van der Waals surface area contributed by atoms with Crippen LogP contribution in [0.25, 0.3) is 0 Å². The minimum atomic E-state index is -0.134. The highest BCUT2D eigenvalue weighted by Crippen LogP contribution is 2.27. The van der Waals surface area contributed by atoms with Crippen LogP contribution in [-0.2, 0) is 9.53 Å². The predicted octanol–water partition coefficient (Wildman–Crippen LogP) is 1.20. The van der Waals surface area contributed by atoms with Gasteiger partial charge in [0.25, 0.3) is 0 Å². The van der Waals surface area contributed by atoms with Crippen molar-refractivity contribution in [3.05, 3.63) is 0 Å². The smallest absolute Gasteiger partial charge is 0.246 e. The Morgan fingerprint density at radius 2 is 1.88 bits per heavy atom. The molecule has 17 heavy (non-hydrogen) atoms. The van der Waals surface area contributed by atoms with Gasteiger partial charge >= 0.3 is 0 Å². The molecule has 1 heterocycles. The molecular formula is C13H24N2O2.